The van der Waals surface area contributed by atoms with Crippen molar-refractivity contribution in [3.8, 4) is 17.0 Å². The van der Waals surface area contributed by atoms with Gasteiger partial charge < -0.3 is 14.5 Å². The zero-order valence-corrected chi connectivity index (χ0v) is 25.3. The summed E-state index contributed by atoms with van der Waals surface area (Å²) >= 11 is 0. The Balaban J connectivity index is 1.45. The van der Waals surface area contributed by atoms with Crippen LogP contribution in [0, 0.1) is 11.8 Å². The number of halogens is 2. The van der Waals surface area contributed by atoms with E-state index >= 15 is 4.39 Å². The number of fused-ring (bicyclic) bond motifs is 1. The molecule has 0 aromatic carbocycles. The second-order valence-electron chi connectivity index (χ2n) is 11.4. The summed E-state index contributed by atoms with van der Waals surface area (Å²) in [5.41, 5.74) is 1.24. The third-order valence-corrected chi connectivity index (χ3v) is 11.9. The van der Waals surface area contributed by atoms with E-state index < -0.39 is 26.2 Å². The van der Waals surface area contributed by atoms with Crippen LogP contribution in [-0.4, -0.2) is 54.3 Å². The normalized spacial score (nSPS) is 13.0. The van der Waals surface area contributed by atoms with E-state index in [1.165, 1.54) is 22.7 Å². The van der Waals surface area contributed by atoms with Gasteiger partial charge in [-0.05, 0) is 30.3 Å². The highest BCUT2D eigenvalue weighted by molar-refractivity contribution is 6.74. The number of rotatable bonds is 10. The quantitative estimate of drug-likeness (QED) is 0.157. The Kier molecular flexibility index (Phi) is 8.01. The zero-order valence-electron chi connectivity index (χ0n) is 24.3. The first-order valence-corrected chi connectivity index (χ1v) is 16.4. The smallest absolute Gasteiger partial charge is 0.228 e. The number of hydrogen-bond acceptors (Lipinski definition) is 9. The fraction of sp³-hybridized carbons (Fsp3) is 0.357. The van der Waals surface area contributed by atoms with Gasteiger partial charge in [-0.15, -0.1) is 10.2 Å². The summed E-state index contributed by atoms with van der Waals surface area (Å²) in [4.78, 5) is 12.6. The molecule has 0 fully saturated rings. The minimum absolute atomic E-state index is 0.00796. The molecule has 0 amide bonds. The van der Waals surface area contributed by atoms with Crippen LogP contribution in [-0.2, 0) is 11.5 Å². The SMILES string of the molecule is Cn1nccc1Nc1nccc(-c2cc(F)n3c(C(CCO[Si](C)(C)C(C)(C)C)Oc4cncc(F)c4)nnc3c2)n1. The van der Waals surface area contributed by atoms with Crippen LogP contribution in [0.5, 0.6) is 5.75 Å². The topological polar surface area (TPSA) is 117 Å². The lowest BCUT2D eigenvalue weighted by atomic mass is 10.2. The minimum Gasteiger partial charge on any atom is -0.481 e. The van der Waals surface area contributed by atoms with Crippen molar-refractivity contribution < 1.29 is 17.9 Å². The van der Waals surface area contributed by atoms with Crippen molar-refractivity contribution in [1.82, 2.24) is 39.3 Å². The van der Waals surface area contributed by atoms with E-state index in [0.717, 1.165) is 6.20 Å². The molecule has 42 heavy (non-hydrogen) atoms. The van der Waals surface area contributed by atoms with Crippen molar-refractivity contribution >= 4 is 25.7 Å². The molecule has 14 heteroatoms. The number of aromatic nitrogens is 8. The van der Waals surface area contributed by atoms with Crippen LogP contribution in [0.25, 0.3) is 16.9 Å². The van der Waals surface area contributed by atoms with Gasteiger partial charge in [0.2, 0.25) is 11.9 Å². The third-order valence-electron chi connectivity index (χ3n) is 7.39. The summed E-state index contributed by atoms with van der Waals surface area (Å²) in [7, 11) is -0.271. The van der Waals surface area contributed by atoms with E-state index in [4.69, 9.17) is 9.16 Å². The molecule has 1 N–H and O–H groups in total. The average Bonchev–Trinajstić information content (AvgIpc) is 3.54. The summed E-state index contributed by atoms with van der Waals surface area (Å²) < 4.78 is 45.1. The van der Waals surface area contributed by atoms with Gasteiger partial charge in [0.1, 0.15) is 17.4 Å². The second-order valence-corrected chi connectivity index (χ2v) is 16.2. The van der Waals surface area contributed by atoms with Crippen molar-refractivity contribution in [2.24, 2.45) is 7.05 Å². The van der Waals surface area contributed by atoms with Gasteiger partial charge in [0.05, 0.1) is 24.3 Å². The number of nitrogens with one attached hydrogen (secondary N) is 1. The van der Waals surface area contributed by atoms with E-state index in [9.17, 15) is 4.39 Å². The number of pyridine rings is 2. The first-order chi connectivity index (χ1) is 19.9. The second kappa shape index (κ2) is 11.5. The fourth-order valence-corrected chi connectivity index (χ4v) is 5.10. The van der Waals surface area contributed by atoms with Crippen LogP contribution >= 0.6 is 0 Å². The predicted octanol–water partition coefficient (Wildman–Crippen LogP) is 5.87. The molecule has 0 spiro atoms. The molecular formula is C28H33F2N9O2Si. The molecule has 5 aromatic rings. The maximum absolute atomic E-state index is 15.8. The molecule has 0 aliphatic heterocycles. The molecule has 1 atom stereocenters. The maximum atomic E-state index is 15.8. The van der Waals surface area contributed by atoms with Crippen LogP contribution in [0.15, 0.2) is 55.1 Å². The van der Waals surface area contributed by atoms with Crippen molar-refractivity contribution in [2.75, 3.05) is 11.9 Å². The lowest BCUT2D eigenvalue weighted by Crippen LogP contribution is -2.41. The van der Waals surface area contributed by atoms with E-state index in [1.807, 2.05) is 0 Å². The van der Waals surface area contributed by atoms with Crippen molar-refractivity contribution in [3.63, 3.8) is 0 Å². The van der Waals surface area contributed by atoms with Gasteiger partial charge in [-0.25, -0.2) is 14.4 Å². The number of hydrogen-bond donors (Lipinski definition) is 1. The molecule has 5 rings (SSSR count). The summed E-state index contributed by atoms with van der Waals surface area (Å²) in [6.45, 7) is 11.1. The molecule has 0 radical (unpaired) electrons. The standard InChI is InChI=1S/C28H33F2N9O2Si/c1-28(2,3)42(5,6)40-12-9-22(41-20-15-19(29)16-31-17-20)26-37-36-25-14-18(13-23(30)39(25)26)21-7-10-32-27(34-21)35-24-8-11-33-38(24)4/h7-8,10-11,13-17,22H,9,12H2,1-6H3,(H,32,34,35). The molecular weight excluding hydrogens is 560 g/mol. The molecule has 5 aromatic heterocycles. The molecule has 11 nitrogen and oxygen atoms in total. The third kappa shape index (κ3) is 6.28. The van der Waals surface area contributed by atoms with Gasteiger partial charge in [0.25, 0.3) is 0 Å². The Labute approximate surface area is 243 Å². The molecule has 1 unspecified atom stereocenters. The summed E-state index contributed by atoms with van der Waals surface area (Å²) in [5.74, 6) is 0.283. The largest absolute Gasteiger partial charge is 0.481 e. The first kappa shape index (κ1) is 29.2. The van der Waals surface area contributed by atoms with Crippen LogP contribution < -0.4 is 10.1 Å². The molecule has 0 aliphatic rings. The molecule has 0 aliphatic carbocycles. The van der Waals surface area contributed by atoms with Crippen LogP contribution in [0.3, 0.4) is 0 Å². The number of aryl methyl sites for hydroxylation is 1. The first-order valence-electron chi connectivity index (χ1n) is 13.5. The van der Waals surface area contributed by atoms with Crippen LogP contribution in [0.1, 0.15) is 39.1 Å². The van der Waals surface area contributed by atoms with Crippen molar-refractivity contribution in [2.45, 2.75) is 51.4 Å². The minimum atomic E-state index is -2.06. The summed E-state index contributed by atoms with van der Waals surface area (Å²) in [5, 5.41) is 15.7. The molecule has 220 valence electrons. The molecule has 5 heterocycles. The number of ether oxygens (including phenoxy) is 1. The number of nitrogens with zero attached hydrogens (tertiary/aromatic N) is 8. The van der Waals surface area contributed by atoms with E-state index in [2.05, 4.69) is 69.4 Å². The maximum Gasteiger partial charge on any atom is 0.228 e. The predicted molar refractivity (Wildman–Crippen MR) is 156 cm³/mol. The Morgan fingerprint density at radius 3 is 2.57 bits per heavy atom. The van der Waals surface area contributed by atoms with E-state index in [1.54, 1.807) is 42.3 Å². The van der Waals surface area contributed by atoms with Crippen molar-refractivity contribution in [3.05, 3.63) is 72.7 Å². The number of anilines is 2. The molecule has 0 bridgehead atoms. The summed E-state index contributed by atoms with van der Waals surface area (Å²) in [6.07, 6.45) is 5.26. The Morgan fingerprint density at radius 1 is 1.05 bits per heavy atom. The fourth-order valence-electron chi connectivity index (χ4n) is 4.04. The van der Waals surface area contributed by atoms with Crippen molar-refractivity contribution in [1.29, 1.82) is 0 Å². The monoisotopic (exact) mass is 593 g/mol. The lowest BCUT2D eigenvalue weighted by molar-refractivity contribution is 0.147. The summed E-state index contributed by atoms with van der Waals surface area (Å²) in [6, 6.07) is 7.72. The Morgan fingerprint density at radius 2 is 1.86 bits per heavy atom. The van der Waals surface area contributed by atoms with Gasteiger partial charge in [0, 0.05) is 50.0 Å². The Bertz CT molecular complexity index is 1700. The van der Waals surface area contributed by atoms with Gasteiger partial charge in [-0.3, -0.25) is 14.1 Å². The van der Waals surface area contributed by atoms with E-state index in [-0.39, 0.29) is 22.3 Å². The Hall–Kier alpha value is -4.30. The van der Waals surface area contributed by atoms with Gasteiger partial charge in [0.15, 0.2) is 25.9 Å². The van der Waals surface area contributed by atoms with Crippen LogP contribution in [0.4, 0.5) is 20.5 Å². The zero-order chi connectivity index (χ0) is 30.1. The van der Waals surface area contributed by atoms with E-state index in [0.29, 0.717) is 36.1 Å². The van der Waals surface area contributed by atoms with Crippen LogP contribution in [0.2, 0.25) is 18.1 Å². The average molecular weight is 594 g/mol. The van der Waals surface area contributed by atoms with Gasteiger partial charge >= 0.3 is 0 Å². The van der Waals surface area contributed by atoms with Gasteiger partial charge in [-0.1, -0.05) is 20.8 Å². The highest BCUT2D eigenvalue weighted by atomic mass is 28.4. The lowest BCUT2D eigenvalue weighted by Gasteiger charge is -2.36. The van der Waals surface area contributed by atoms with Gasteiger partial charge in [-0.2, -0.15) is 9.49 Å². The molecule has 0 saturated carbocycles. The highest BCUT2D eigenvalue weighted by Crippen LogP contribution is 2.37. The highest BCUT2D eigenvalue weighted by Gasteiger charge is 2.37. The molecule has 0 saturated heterocycles.